The molecule has 94 valence electrons. The lowest BCUT2D eigenvalue weighted by Crippen LogP contribution is -2.36. The Balaban J connectivity index is 1.92. The van der Waals surface area contributed by atoms with Crippen molar-refractivity contribution in [2.75, 3.05) is 11.9 Å². The summed E-state index contributed by atoms with van der Waals surface area (Å²) in [6.45, 7) is 0.656. The Bertz CT molecular complexity index is 359. The second-order valence-electron chi connectivity index (χ2n) is 5.00. The summed E-state index contributed by atoms with van der Waals surface area (Å²) in [5.41, 5.74) is 0.552. The van der Waals surface area contributed by atoms with E-state index in [0.717, 1.165) is 35.8 Å². The summed E-state index contributed by atoms with van der Waals surface area (Å²) < 4.78 is 1.07. The van der Waals surface area contributed by atoms with Crippen molar-refractivity contribution in [1.82, 2.24) is 0 Å². The monoisotopic (exact) mass is 297 g/mol. The number of hydrogen-bond acceptors (Lipinski definition) is 2. The van der Waals surface area contributed by atoms with Gasteiger partial charge in [0.05, 0.1) is 5.60 Å². The van der Waals surface area contributed by atoms with Gasteiger partial charge in [0.1, 0.15) is 0 Å². The van der Waals surface area contributed by atoms with Crippen molar-refractivity contribution in [3.63, 3.8) is 0 Å². The summed E-state index contributed by atoms with van der Waals surface area (Å²) in [6.07, 6.45) is 6.67. The fourth-order valence-electron chi connectivity index (χ4n) is 2.43. The maximum atomic E-state index is 10.5. The van der Waals surface area contributed by atoms with E-state index in [1.807, 2.05) is 24.3 Å². The molecule has 0 spiro atoms. The zero-order valence-corrected chi connectivity index (χ0v) is 11.7. The summed E-state index contributed by atoms with van der Waals surface area (Å²) in [5.74, 6) is 0. The lowest BCUT2D eigenvalue weighted by molar-refractivity contribution is 0.0381. The summed E-state index contributed by atoms with van der Waals surface area (Å²) in [7, 11) is 0. The minimum absolute atomic E-state index is 0.515. The van der Waals surface area contributed by atoms with Crippen molar-refractivity contribution >= 4 is 21.6 Å². The molecule has 1 aromatic rings. The Morgan fingerprint density at radius 1 is 1.18 bits per heavy atom. The molecule has 2 N–H and O–H groups in total. The van der Waals surface area contributed by atoms with Gasteiger partial charge in [0.2, 0.25) is 0 Å². The van der Waals surface area contributed by atoms with Gasteiger partial charge in [-0.25, -0.2) is 0 Å². The third-order valence-electron chi connectivity index (χ3n) is 3.48. The quantitative estimate of drug-likeness (QED) is 0.828. The second kappa shape index (κ2) is 5.87. The van der Waals surface area contributed by atoms with Gasteiger partial charge < -0.3 is 10.4 Å². The summed E-state index contributed by atoms with van der Waals surface area (Å²) in [4.78, 5) is 0. The van der Waals surface area contributed by atoms with E-state index in [0.29, 0.717) is 6.54 Å². The van der Waals surface area contributed by atoms with Gasteiger partial charge in [-0.1, -0.05) is 47.7 Å². The predicted molar refractivity (Wildman–Crippen MR) is 75.3 cm³/mol. The molecule has 0 atom stereocenters. The highest BCUT2D eigenvalue weighted by molar-refractivity contribution is 9.10. The number of benzene rings is 1. The Morgan fingerprint density at radius 3 is 2.53 bits per heavy atom. The van der Waals surface area contributed by atoms with E-state index in [9.17, 15) is 5.11 Å². The first-order valence-electron chi connectivity index (χ1n) is 6.40. The van der Waals surface area contributed by atoms with Gasteiger partial charge in [0, 0.05) is 16.7 Å². The van der Waals surface area contributed by atoms with Crippen LogP contribution in [0.2, 0.25) is 0 Å². The van der Waals surface area contributed by atoms with Gasteiger partial charge in [-0.05, 0) is 31.0 Å². The molecule has 0 radical (unpaired) electrons. The SMILES string of the molecule is OC1(CNc2cccc(Br)c2)CCCCCC1. The molecule has 2 nitrogen and oxygen atoms in total. The smallest absolute Gasteiger partial charge is 0.0819 e. The van der Waals surface area contributed by atoms with E-state index in [1.54, 1.807) is 0 Å². The number of aliphatic hydroxyl groups is 1. The molecule has 0 aliphatic heterocycles. The standard InChI is InChI=1S/C14H20BrNO/c15-12-6-5-7-13(10-12)16-11-14(17)8-3-1-2-4-9-14/h5-7,10,16-17H,1-4,8-9,11H2. The minimum atomic E-state index is -0.515. The number of anilines is 1. The van der Waals surface area contributed by atoms with E-state index >= 15 is 0 Å². The molecule has 0 amide bonds. The second-order valence-corrected chi connectivity index (χ2v) is 5.92. The lowest BCUT2D eigenvalue weighted by Gasteiger charge is -2.27. The molecule has 0 aromatic heterocycles. The van der Waals surface area contributed by atoms with Crippen LogP contribution < -0.4 is 5.32 Å². The van der Waals surface area contributed by atoms with Crippen LogP contribution in [-0.4, -0.2) is 17.3 Å². The molecule has 1 aliphatic carbocycles. The molecule has 1 fully saturated rings. The van der Waals surface area contributed by atoms with Crippen molar-refractivity contribution in [1.29, 1.82) is 0 Å². The molecule has 1 saturated carbocycles. The summed E-state index contributed by atoms with van der Waals surface area (Å²) >= 11 is 3.45. The number of nitrogens with one attached hydrogen (secondary N) is 1. The van der Waals surface area contributed by atoms with Gasteiger partial charge in [0.25, 0.3) is 0 Å². The third kappa shape index (κ3) is 4.00. The first kappa shape index (κ1) is 12.9. The fraction of sp³-hybridized carbons (Fsp3) is 0.571. The highest BCUT2D eigenvalue weighted by atomic mass is 79.9. The van der Waals surface area contributed by atoms with Gasteiger partial charge >= 0.3 is 0 Å². The van der Waals surface area contributed by atoms with Crippen LogP contribution in [0, 0.1) is 0 Å². The van der Waals surface area contributed by atoms with Gasteiger partial charge in [-0.15, -0.1) is 0 Å². The fourth-order valence-corrected chi connectivity index (χ4v) is 2.83. The van der Waals surface area contributed by atoms with E-state index in [1.165, 1.54) is 12.8 Å². The van der Waals surface area contributed by atoms with E-state index in [-0.39, 0.29) is 0 Å². The lowest BCUT2D eigenvalue weighted by atomic mass is 9.94. The normalized spacial score (nSPS) is 19.6. The largest absolute Gasteiger partial charge is 0.388 e. The Kier molecular flexibility index (Phi) is 4.46. The molecular formula is C14H20BrNO. The maximum Gasteiger partial charge on any atom is 0.0819 e. The molecule has 17 heavy (non-hydrogen) atoms. The highest BCUT2D eigenvalue weighted by Gasteiger charge is 2.27. The Morgan fingerprint density at radius 2 is 1.88 bits per heavy atom. The van der Waals surface area contributed by atoms with Gasteiger partial charge in [-0.2, -0.15) is 0 Å². The van der Waals surface area contributed by atoms with Crippen LogP contribution in [-0.2, 0) is 0 Å². The van der Waals surface area contributed by atoms with Crippen LogP contribution in [0.1, 0.15) is 38.5 Å². The van der Waals surface area contributed by atoms with Crippen LogP contribution in [0.3, 0.4) is 0 Å². The average molecular weight is 298 g/mol. The summed E-state index contributed by atoms with van der Waals surface area (Å²) in [6, 6.07) is 8.08. The van der Waals surface area contributed by atoms with Crippen molar-refractivity contribution in [2.24, 2.45) is 0 Å². The highest BCUT2D eigenvalue weighted by Crippen LogP contribution is 2.27. The molecular weight excluding hydrogens is 278 g/mol. The van der Waals surface area contributed by atoms with Crippen LogP contribution in [0.4, 0.5) is 5.69 Å². The van der Waals surface area contributed by atoms with E-state index in [4.69, 9.17) is 0 Å². The van der Waals surface area contributed by atoms with Gasteiger partial charge in [0.15, 0.2) is 0 Å². The predicted octanol–water partition coefficient (Wildman–Crippen LogP) is 3.95. The van der Waals surface area contributed by atoms with Crippen molar-refractivity contribution in [3.05, 3.63) is 28.7 Å². The first-order valence-corrected chi connectivity index (χ1v) is 7.19. The van der Waals surface area contributed by atoms with Crippen molar-refractivity contribution in [2.45, 2.75) is 44.1 Å². The zero-order valence-electron chi connectivity index (χ0n) is 10.1. The maximum absolute atomic E-state index is 10.5. The van der Waals surface area contributed by atoms with E-state index in [2.05, 4.69) is 21.2 Å². The summed E-state index contributed by atoms with van der Waals surface area (Å²) in [5, 5.41) is 13.9. The van der Waals surface area contributed by atoms with Crippen molar-refractivity contribution in [3.8, 4) is 0 Å². The third-order valence-corrected chi connectivity index (χ3v) is 3.97. The Labute approximate surface area is 112 Å². The number of halogens is 1. The van der Waals surface area contributed by atoms with Crippen molar-refractivity contribution < 1.29 is 5.11 Å². The average Bonchev–Trinajstić information content (AvgIpc) is 2.53. The topological polar surface area (TPSA) is 32.3 Å². The molecule has 1 aliphatic rings. The Hall–Kier alpha value is -0.540. The molecule has 0 heterocycles. The van der Waals surface area contributed by atoms with Gasteiger partial charge in [-0.3, -0.25) is 0 Å². The minimum Gasteiger partial charge on any atom is -0.388 e. The number of rotatable bonds is 3. The zero-order chi connectivity index (χ0) is 12.1. The van der Waals surface area contributed by atoms with Crippen LogP contribution in [0.5, 0.6) is 0 Å². The number of hydrogen-bond donors (Lipinski definition) is 2. The molecule has 0 bridgehead atoms. The molecule has 2 rings (SSSR count). The first-order chi connectivity index (χ1) is 8.18. The van der Waals surface area contributed by atoms with Crippen LogP contribution >= 0.6 is 15.9 Å². The molecule has 3 heteroatoms. The molecule has 0 unspecified atom stereocenters. The van der Waals surface area contributed by atoms with Crippen LogP contribution in [0.25, 0.3) is 0 Å². The molecule has 0 saturated heterocycles. The van der Waals surface area contributed by atoms with E-state index < -0.39 is 5.60 Å². The molecule has 1 aromatic carbocycles. The van der Waals surface area contributed by atoms with Crippen LogP contribution in [0.15, 0.2) is 28.7 Å².